The van der Waals surface area contributed by atoms with Gasteiger partial charge in [-0.05, 0) is 5.53 Å². The molecule has 0 spiro atoms. The molecule has 1 aliphatic rings. The summed E-state index contributed by atoms with van der Waals surface area (Å²) in [6.07, 6.45) is -6.55. The maximum absolute atomic E-state index is 9.82. The number of hydrogen-bond acceptors (Lipinski definition) is 8. The van der Waals surface area contributed by atoms with Crippen LogP contribution in [0.2, 0.25) is 0 Å². The number of rotatable bonds is 5. The molecule has 5 N–H and O–H groups in total. The van der Waals surface area contributed by atoms with Crippen molar-refractivity contribution in [3.8, 4) is 0 Å². The summed E-state index contributed by atoms with van der Waals surface area (Å²) in [5, 5.41) is 50.3. The zero-order valence-electron chi connectivity index (χ0n) is 9.32. The van der Waals surface area contributed by atoms with Crippen LogP contribution in [0.4, 0.5) is 0 Å². The summed E-state index contributed by atoms with van der Waals surface area (Å²) in [6, 6.07) is 0. The first-order chi connectivity index (χ1) is 8.46. The Bertz CT molecular complexity index is 322. The lowest BCUT2D eigenvalue weighted by molar-refractivity contribution is -0.448. The van der Waals surface area contributed by atoms with E-state index in [1.807, 2.05) is 0 Å². The van der Waals surface area contributed by atoms with Gasteiger partial charge in [-0.2, -0.15) is 0 Å². The van der Waals surface area contributed by atoms with Gasteiger partial charge in [0.05, 0.1) is 13.2 Å². The Morgan fingerprint density at radius 1 is 1.33 bits per heavy atom. The van der Waals surface area contributed by atoms with Crippen LogP contribution in [0.1, 0.15) is 0 Å². The molecule has 1 heterocycles. The average molecular weight is 265 g/mol. The lowest BCUT2D eigenvalue weighted by atomic mass is 9.98. The van der Waals surface area contributed by atoms with Crippen molar-refractivity contribution >= 4 is 0 Å². The molecule has 0 radical (unpaired) electrons. The first-order valence-electron chi connectivity index (χ1n) is 5.16. The molecule has 0 aromatic carbocycles. The lowest BCUT2D eigenvalue weighted by Gasteiger charge is -2.44. The highest BCUT2D eigenvalue weighted by molar-refractivity contribution is 4.92. The first-order valence-corrected chi connectivity index (χ1v) is 5.16. The van der Waals surface area contributed by atoms with E-state index in [-0.39, 0.29) is 13.2 Å². The molecular weight excluding hydrogens is 250 g/mol. The normalized spacial score (nSPS) is 40.3. The Hall–Kier alpha value is -0.970. The van der Waals surface area contributed by atoms with Gasteiger partial charge in [-0.15, -0.1) is 0 Å². The third kappa shape index (κ3) is 3.07. The number of ether oxygens (including phenoxy) is 2. The predicted octanol–water partition coefficient (Wildman–Crippen LogP) is -2.57. The Morgan fingerprint density at radius 2 is 2.00 bits per heavy atom. The van der Waals surface area contributed by atoms with Gasteiger partial charge in [-0.1, -0.05) is 5.11 Å². The Balaban J connectivity index is 2.69. The van der Waals surface area contributed by atoms with E-state index >= 15 is 0 Å². The van der Waals surface area contributed by atoms with Crippen LogP contribution in [0, 0.1) is 0 Å². The molecular formula is C8H15N3O7. The van der Waals surface area contributed by atoms with Gasteiger partial charge in [0, 0.05) is 11.5 Å². The van der Waals surface area contributed by atoms with E-state index in [0.717, 1.165) is 0 Å². The molecule has 0 aliphatic carbocycles. The van der Waals surface area contributed by atoms with Gasteiger partial charge in [0.15, 0.2) is 6.10 Å². The number of azide groups is 1. The van der Waals surface area contributed by atoms with E-state index in [2.05, 4.69) is 10.0 Å². The Labute approximate surface area is 102 Å². The fourth-order valence-electron chi connectivity index (χ4n) is 1.52. The third-order valence-electron chi connectivity index (χ3n) is 2.49. The van der Waals surface area contributed by atoms with Crippen molar-refractivity contribution < 1.29 is 35.0 Å². The second kappa shape index (κ2) is 6.27. The minimum atomic E-state index is -2.59. The minimum Gasteiger partial charge on any atom is -0.394 e. The molecule has 0 aromatic rings. The SMILES string of the molecule is [N-]=[N+]=NCCO[C@]1(O)OC(CO)C(O)C(O)C1O. The minimum absolute atomic E-state index is 0.128. The monoisotopic (exact) mass is 265 g/mol. The molecule has 1 aliphatic heterocycles. The van der Waals surface area contributed by atoms with Crippen LogP contribution in [0.15, 0.2) is 5.11 Å². The smallest absolute Gasteiger partial charge is 0.311 e. The van der Waals surface area contributed by atoms with E-state index in [1.165, 1.54) is 0 Å². The molecule has 10 nitrogen and oxygen atoms in total. The summed E-state index contributed by atoms with van der Waals surface area (Å²) in [5.74, 6) is -2.59. The molecule has 104 valence electrons. The fraction of sp³-hybridized carbons (Fsp3) is 1.00. The highest BCUT2D eigenvalue weighted by Crippen LogP contribution is 2.28. The molecule has 5 atom stereocenters. The van der Waals surface area contributed by atoms with E-state index < -0.39 is 37.0 Å². The Morgan fingerprint density at radius 3 is 2.56 bits per heavy atom. The van der Waals surface area contributed by atoms with Crippen molar-refractivity contribution in [3.63, 3.8) is 0 Å². The average Bonchev–Trinajstić information content (AvgIpc) is 2.37. The van der Waals surface area contributed by atoms with Crippen molar-refractivity contribution in [2.75, 3.05) is 19.8 Å². The molecule has 0 amide bonds. The van der Waals surface area contributed by atoms with Crippen LogP contribution in [0.3, 0.4) is 0 Å². The van der Waals surface area contributed by atoms with E-state index in [1.54, 1.807) is 0 Å². The third-order valence-corrected chi connectivity index (χ3v) is 2.49. The molecule has 18 heavy (non-hydrogen) atoms. The number of nitrogens with zero attached hydrogens (tertiary/aromatic N) is 3. The molecule has 1 saturated heterocycles. The number of hydrogen-bond donors (Lipinski definition) is 5. The molecule has 0 saturated carbocycles. The predicted molar refractivity (Wildman–Crippen MR) is 54.9 cm³/mol. The van der Waals surface area contributed by atoms with Crippen LogP contribution < -0.4 is 0 Å². The lowest BCUT2D eigenvalue weighted by Crippen LogP contribution is -2.66. The van der Waals surface area contributed by atoms with Crippen molar-refractivity contribution in [2.24, 2.45) is 5.11 Å². The molecule has 1 fully saturated rings. The molecule has 4 unspecified atom stereocenters. The van der Waals surface area contributed by atoms with Gasteiger partial charge in [0.2, 0.25) is 0 Å². The van der Waals surface area contributed by atoms with Crippen LogP contribution >= 0.6 is 0 Å². The number of aliphatic hydroxyl groups is 5. The maximum atomic E-state index is 9.82. The van der Waals surface area contributed by atoms with Gasteiger partial charge >= 0.3 is 5.97 Å². The summed E-state index contributed by atoms with van der Waals surface area (Å²) in [5.41, 5.74) is 8.03. The van der Waals surface area contributed by atoms with Gasteiger partial charge in [-0.25, -0.2) is 0 Å². The van der Waals surface area contributed by atoms with Gasteiger partial charge in [0.1, 0.15) is 18.3 Å². The van der Waals surface area contributed by atoms with E-state index in [9.17, 15) is 20.4 Å². The van der Waals surface area contributed by atoms with Gasteiger partial charge in [-0.3, -0.25) is 0 Å². The quantitative estimate of drug-likeness (QED) is 0.120. The zero-order valence-corrected chi connectivity index (χ0v) is 9.32. The van der Waals surface area contributed by atoms with Crippen LogP contribution in [0.5, 0.6) is 0 Å². The molecule has 10 heteroatoms. The maximum Gasteiger partial charge on any atom is 0.311 e. The fourth-order valence-corrected chi connectivity index (χ4v) is 1.52. The van der Waals surface area contributed by atoms with Crippen LogP contribution in [0.25, 0.3) is 10.4 Å². The summed E-state index contributed by atoms with van der Waals surface area (Å²) >= 11 is 0. The highest BCUT2D eigenvalue weighted by Gasteiger charge is 2.53. The summed E-state index contributed by atoms with van der Waals surface area (Å²) < 4.78 is 9.56. The van der Waals surface area contributed by atoms with Crippen LogP contribution in [-0.2, 0) is 9.47 Å². The van der Waals surface area contributed by atoms with Crippen molar-refractivity contribution in [2.45, 2.75) is 30.4 Å². The molecule has 0 aromatic heterocycles. The van der Waals surface area contributed by atoms with E-state index in [4.69, 9.17) is 20.1 Å². The largest absolute Gasteiger partial charge is 0.394 e. The Kier molecular flexibility index (Phi) is 5.26. The standard InChI is InChI=1S/C8H15N3O7/c9-11-10-1-2-17-8(16)7(15)6(14)5(13)4(3-12)18-8/h4-7,12-16H,1-3H2/t4?,5?,6?,7?,8-/m0/s1. The first kappa shape index (κ1) is 15.1. The summed E-state index contributed by atoms with van der Waals surface area (Å²) in [4.78, 5) is 2.45. The summed E-state index contributed by atoms with van der Waals surface area (Å²) in [6.45, 7) is -1.09. The summed E-state index contributed by atoms with van der Waals surface area (Å²) in [7, 11) is 0. The number of aliphatic hydroxyl groups excluding tert-OH is 4. The van der Waals surface area contributed by atoms with Gasteiger partial charge in [0.25, 0.3) is 0 Å². The highest BCUT2D eigenvalue weighted by atomic mass is 16.8. The topological polar surface area (TPSA) is 168 Å². The van der Waals surface area contributed by atoms with Crippen molar-refractivity contribution in [3.05, 3.63) is 10.4 Å². The second-order valence-corrected chi connectivity index (χ2v) is 3.70. The van der Waals surface area contributed by atoms with E-state index in [0.29, 0.717) is 0 Å². The van der Waals surface area contributed by atoms with Gasteiger partial charge < -0.3 is 35.0 Å². The molecule has 1 rings (SSSR count). The zero-order chi connectivity index (χ0) is 13.8. The van der Waals surface area contributed by atoms with Crippen LogP contribution in [-0.4, -0.2) is 75.7 Å². The van der Waals surface area contributed by atoms with Crippen molar-refractivity contribution in [1.82, 2.24) is 0 Å². The molecule has 0 bridgehead atoms. The second-order valence-electron chi connectivity index (χ2n) is 3.70. The van der Waals surface area contributed by atoms with Crippen molar-refractivity contribution in [1.29, 1.82) is 0 Å².